The fraction of sp³-hybridized carbons (Fsp3) is 0.471. The van der Waals surface area contributed by atoms with Gasteiger partial charge >= 0.3 is 0 Å². The number of likely N-dealkylation sites (tertiary alicyclic amines) is 1. The van der Waals surface area contributed by atoms with Gasteiger partial charge in [0.1, 0.15) is 18.2 Å². The van der Waals surface area contributed by atoms with Crippen LogP contribution in [-0.2, 0) is 19.2 Å². The number of amides is 3. The van der Waals surface area contributed by atoms with Crippen molar-refractivity contribution >= 4 is 51.6 Å². The summed E-state index contributed by atoms with van der Waals surface area (Å²) in [5.74, 6) is -1.91. The van der Waals surface area contributed by atoms with Crippen LogP contribution >= 0.6 is 22.9 Å². The first-order valence-corrected chi connectivity index (χ1v) is 17.2. The molecule has 47 heavy (non-hydrogen) atoms. The van der Waals surface area contributed by atoms with E-state index in [0.29, 0.717) is 22.5 Å². The third kappa shape index (κ3) is 8.86. The van der Waals surface area contributed by atoms with Gasteiger partial charge in [-0.05, 0) is 30.7 Å². The van der Waals surface area contributed by atoms with Gasteiger partial charge in [-0.15, -0.1) is 11.3 Å². The topological polar surface area (TPSA) is 143 Å². The zero-order valence-corrected chi connectivity index (χ0v) is 28.6. The molecule has 0 spiro atoms. The van der Waals surface area contributed by atoms with Crippen LogP contribution in [0.3, 0.4) is 0 Å². The van der Waals surface area contributed by atoms with E-state index in [4.69, 9.17) is 21.3 Å². The van der Waals surface area contributed by atoms with Crippen LogP contribution in [0.2, 0.25) is 5.02 Å². The Balaban J connectivity index is 1.38. The number of ketones is 1. The number of halogens is 1. The minimum absolute atomic E-state index is 0.00944. The van der Waals surface area contributed by atoms with Gasteiger partial charge < -0.3 is 25.6 Å². The number of rotatable bonds is 13. The van der Waals surface area contributed by atoms with E-state index in [-0.39, 0.29) is 31.3 Å². The maximum absolute atomic E-state index is 14.5. The number of pyridine rings is 1. The zero-order valence-electron chi connectivity index (χ0n) is 27.0. The fourth-order valence-electron chi connectivity index (χ4n) is 5.47. The third-order valence-electron chi connectivity index (χ3n) is 8.14. The summed E-state index contributed by atoms with van der Waals surface area (Å²) in [7, 11) is 0. The molecule has 1 aliphatic heterocycles. The van der Waals surface area contributed by atoms with Gasteiger partial charge in [0, 0.05) is 35.7 Å². The van der Waals surface area contributed by atoms with Crippen LogP contribution in [0.25, 0.3) is 11.3 Å². The predicted octanol–water partition coefficient (Wildman–Crippen LogP) is 4.87. The number of nitrogens with zero attached hydrogens (tertiary/aromatic N) is 3. The second kappa shape index (κ2) is 14.8. The molecular weight excluding hydrogens is 640 g/mol. The first-order chi connectivity index (χ1) is 22.4. The van der Waals surface area contributed by atoms with Crippen molar-refractivity contribution in [2.24, 2.45) is 5.41 Å². The van der Waals surface area contributed by atoms with Crippen LogP contribution in [0.5, 0.6) is 5.88 Å². The molecule has 1 saturated heterocycles. The number of carbonyl (C=O) groups excluding carboxylic acids is 4. The number of Topliss-reactive ketones (excluding diaryl/α,β-unsaturated/α-hetero) is 1. The van der Waals surface area contributed by atoms with E-state index in [2.05, 4.69) is 20.9 Å². The smallest absolute Gasteiger partial charge is 0.289 e. The van der Waals surface area contributed by atoms with Gasteiger partial charge in [-0.25, -0.2) is 9.97 Å². The van der Waals surface area contributed by atoms with Crippen molar-refractivity contribution in [3.63, 3.8) is 0 Å². The number of carbonyl (C=O) groups is 4. The Hall–Kier alpha value is -4.03. The lowest BCUT2D eigenvalue weighted by Gasteiger charge is -2.35. The molecule has 5 rings (SSSR count). The fourth-order valence-corrected chi connectivity index (χ4v) is 6.33. The van der Waals surface area contributed by atoms with Gasteiger partial charge in [0.15, 0.2) is 5.13 Å². The Kier molecular flexibility index (Phi) is 10.8. The number of ether oxygens (including phenoxy) is 1. The molecule has 0 bridgehead atoms. The van der Waals surface area contributed by atoms with Crippen molar-refractivity contribution in [3.8, 4) is 17.1 Å². The van der Waals surface area contributed by atoms with Gasteiger partial charge in [-0.1, -0.05) is 76.0 Å². The first kappa shape index (κ1) is 34.3. The normalized spacial score (nSPS) is 19.0. The van der Waals surface area contributed by atoms with E-state index < -0.39 is 47.2 Å². The summed E-state index contributed by atoms with van der Waals surface area (Å²) in [5.41, 5.74) is 1.18. The van der Waals surface area contributed by atoms with Crippen molar-refractivity contribution < 1.29 is 23.9 Å². The molecule has 3 aromatic rings. The molecule has 4 atom stereocenters. The molecule has 3 N–H and O–H groups in total. The highest BCUT2D eigenvalue weighted by atomic mass is 35.5. The van der Waals surface area contributed by atoms with E-state index in [9.17, 15) is 19.2 Å². The molecule has 1 saturated carbocycles. The third-order valence-corrected chi connectivity index (χ3v) is 9.13. The minimum atomic E-state index is -1.01. The largest absolute Gasteiger partial charge is 0.472 e. The highest BCUT2D eigenvalue weighted by Crippen LogP contribution is 2.32. The quantitative estimate of drug-likeness (QED) is 0.217. The van der Waals surface area contributed by atoms with E-state index in [1.54, 1.807) is 12.1 Å². The summed E-state index contributed by atoms with van der Waals surface area (Å²) in [6, 6.07) is 10.3. The van der Waals surface area contributed by atoms with Crippen molar-refractivity contribution in [3.05, 3.63) is 59.1 Å². The molecule has 1 aromatic carbocycles. The van der Waals surface area contributed by atoms with Crippen LogP contribution < -0.4 is 20.7 Å². The first-order valence-electron chi connectivity index (χ1n) is 15.9. The lowest BCUT2D eigenvalue weighted by atomic mass is 9.85. The average Bonchev–Trinajstić information content (AvgIpc) is 3.55. The van der Waals surface area contributed by atoms with E-state index >= 15 is 0 Å². The van der Waals surface area contributed by atoms with Crippen molar-refractivity contribution in [1.29, 1.82) is 0 Å². The molecular formula is C34H41ClN6O5S. The van der Waals surface area contributed by atoms with E-state index in [1.807, 2.05) is 63.4 Å². The average molecular weight is 681 g/mol. The molecule has 1 aliphatic carbocycles. The molecule has 2 aliphatic rings. The molecule has 2 aromatic heterocycles. The molecule has 250 valence electrons. The van der Waals surface area contributed by atoms with Crippen LogP contribution in [0.15, 0.2) is 54.0 Å². The number of hydrogen-bond acceptors (Lipinski definition) is 9. The monoisotopic (exact) mass is 680 g/mol. The molecule has 2 fully saturated rings. The number of aromatic nitrogens is 2. The van der Waals surface area contributed by atoms with Crippen LogP contribution in [0.4, 0.5) is 5.13 Å². The second-order valence-electron chi connectivity index (χ2n) is 13.1. The Morgan fingerprint density at radius 1 is 1.11 bits per heavy atom. The van der Waals surface area contributed by atoms with Gasteiger partial charge in [0.25, 0.3) is 5.91 Å². The summed E-state index contributed by atoms with van der Waals surface area (Å²) >= 11 is 7.40. The summed E-state index contributed by atoms with van der Waals surface area (Å²) in [6.45, 7) is 7.82. The van der Waals surface area contributed by atoms with Crippen LogP contribution in [0, 0.1) is 5.41 Å². The Labute approximate surface area is 283 Å². The van der Waals surface area contributed by atoms with Crippen molar-refractivity contribution in [2.45, 2.75) is 90.1 Å². The number of nitrogens with one attached hydrogen (secondary N) is 3. The van der Waals surface area contributed by atoms with Gasteiger partial charge in [0.05, 0.1) is 23.3 Å². The van der Waals surface area contributed by atoms with E-state index in [1.165, 1.54) is 22.4 Å². The van der Waals surface area contributed by atoms with Crippen LogP contribution in [0.1, 0.15) is 59.8 Å². The number of benzene rings is 1. The molecule has 13 heteroatoms. The summed E-state index contributed by atoms with van der Waals surface area (Å²) in [6.07, 6.45) is 3.60. The maximum Gasteiger partial charge on any atom is 0.289 e. The van der Waals surface area contributed by atoms with Crippen molar-refractivity contribution in [2.75, 3.05) is 11.9 Å². The highest BCUT2D eigenvalue weighted by molar-refractivity contribution is 7.14. The maximum atomic E-state index is 14.5. The predicted molar refractivity (Wildman–Crippen MR) is 181 cm³/mol. The van der Waals surface area contributed by atoms with Crippen LogP contribution in [-0.4, -0.2) is 75.2 Å². The second-order valence-corrected chi connectivity index (χ2v) is 14.4. The molecule has 0 radical (unpaired) electrons. The SMILES string of the molecule is CCC[C@@H](NC(=O)[C@H]1CC(Oc2ccc(Cl)cn2)CN1C(=O)[C@H](Nc1nc(-c2ccccc2)cs1)C(C)(C)C)C(=O)C(=O)NC1CC1. The lowest BCUT2D eigenvalue weighted by molar-refractivity contribution is -0.143. The summed E-state index contributed by atoms with van der Waals surface area (Å²) in [4.78, 5) is 64.5. The zero-order chi connectivity index (χ0) is 33.7. The number of thiazole rings is 1. The Bertz CT molecular complexity index is 1570. The standard InChI is InChI=1S/C34H41ClN6O5S/c1-5-9-24(28(42)31(44)37-22-13-14-22)38-30(43)26-16-23(46-27-15-12-21(35)17-36-27)18-41(26)32(45)29(34(2,3)4)40-33-39-25(19-47-33)20-10-7-6-8-11-20/h6-8,10-12,15,17,19,22-24,26,29H,5,9,13-14,16,18H2,1-4H3,(H,37,44)(H,38,43)(H,39,40)/t23?,24-,26-,29+/m1/s1. The number of anilines is 1. The molecule has 3 heterocycles. The summed E-state index contributed by atoms with van der Waals surface area (Å²) < 4.78 is 6.11. The molecule has 1 unspecified atom stereocenters. The number of hydrogen-bond donors (Lipinski definition) is 3. The minimum Gasteiger partial charge on any atom is -0.472 e. The molecule has 3 amide bonds. The van der Waals surface area contributed by atoms with Gasteiger partial charge in [-0.3, -0.25) is 19.2 Å². The summed E-state index contributed by atoms with van der Waals surface area (Å²) in [5, 5.41) is 11.8. The molecule has 11 nitrogen and oxygen atoms in total. The van der Waals surface area contributed by atoms with Gasteiger partial charge in [0.2, 0.25) is 23.5 Å². The van der Waals surface area contributed by atoms with Crippen molar-refractivity contribution in [1.82, 2.24) is 25.5 Å². The van der Waals surface area contributed by atoms with Gasteiger partial charge in [-0.2, -0.15) is 0 Å². The van der Waals surface area contributed by atoms with E-state index in [0.717, 1.165) is 24.1 Å². The lowest BCUT2D eigenvalue weighted by Crippen LogP contribution is -2.56. The highest BCUT2D eigenvalue weighted by Gasteiger charge is 2.46. The Morgan fingerprint density at radius 3 is 2.49 bits per heavy atom. The Morgan fingerprint density at radius 2 is 1.85 bits per heavy atom.